The standard InChI is InChI=1S/C49H32N2O/c1-2-9-33(10-3-1)34-17-23-38(24-18-34)51(39-25-19-35(20-26-39)42-15-8-16-46-45-29-30-50-32-48(45)52-49(42)46)40-27-21-36(22-28-40)47-31-37-11-4-5-12-41(37)43-13-6-7-14-44(43)47/h1-32H. The van der Waals surface area contributed by atoms with Gasteiger partial charge in [0.1, 0.15) is 5.58 Å². The lowest BCUT2D eigenvalue weighted by atomic mass is 9.93. The van der Waals surface area contributed by atoms with E-state index in [1.54, 1.807) is 6.20 Å². The molecule has 3 nitrogen and oxygen atoms in total. The molecule has 244 valence electrons. The Hall–Kier alpha value is -6.97. The second-order valence-corrected chi connectivity index (χ2v) is 13.2. The van der Waals surface area contributed by atoms with Gasteiger partial charge < -0.3 is 9.32 Å². The fraction of sp³-hybridized carbons (Fsp3) is 0. The largest absolute Gasteiger partial charge is 0.454 e. The molecule has 2 heterocycles. The Morgan fingerprint density at radius 2 is 0.942 bits per heavy atom. The summed E-state index contributed by atoms with van der Waals surface area (Å²) in [5.41, 5.74) is 11.9. The monoisotopic (exact) mass is 664 g/mol. The van der Waals surface area contributed by atoms with Crippen LogP contribution in [0.3, 0.4) is 0 Å². The zero-order valence-corrected chi connectivity index (χ0v) is 28.3. The van der Waals surface area contributed by atoms with Gasteiger partial charge in [-0.1, -0.05) is 133 Å². The number of furan rings is 1. The summed E-state index contributed by atoms with van der Waals surface area (Å²) >= 11 is 0. The van der Waals surface area contributed by atoms with E-state index < -0.39 is 0 Å². The molecule has 0 N–H and O–H groups in total. The zero-order valence-electron chi connectivity index (χ0n) is 28.3. The Bertz CT molecular complexity index is 2870. The van der Waals surface area contributed by atoms with Crippen LogP contribution in [0, 0.1) is 0 Å². The number of rotatable bonds is 6. The van der Waals surface area contributed by atoms with Gasteiger partial charge in [0.2, 0.25) is 0 Å². The van der Waals surface area contributed by atoms with Crippen LogP contribution < -0.4 is 4.90 Å². The first kappa shape index (κ1) is 29.9. The van der Waals surface area contributed by atoms with Gasteiger partial charge in [0.05, 0.1) is 6.20 Å². The highest BCUT2D eigenvalue weighted by atomic mass is 16.3. The number of hydrogen-bond donors (Lipinski definition) is 0. The number of para-hydroxylation sites is 1. The molecular formula is C49H32N2O. The summed E-state index contributed by atoms with van der Waals surface area (Å²) in [5, 5.41) is 7.23. The molecule has 10 aromatic rings. The number of aromatic nitrogens is 1. The lowest BCUT2D eigenvalue weighted by molar-refractivity contribution is 0.668. The van der Waals surface area contributed by atoms with E-state index >= 15 is 0 Å². The molecule has 10 rings (SSSR count). The Labute approximate surface area is 301 Å². The van der Waals surface area contributed by atoms with Gasteiger partial charge in [0.25, 0.3) is 0 Å². The van der Waals surface area contributed by atoms with Gasteiger partial charge in [0, 0.05) is 39.6 Å². The Kier molecular flexibility index (Phi) is 7.14. The molecule has 0 atom stereocenters. The van der Waals surface area contributed by atoms with Crippen molar-refractivity contribution in [2.45, 2.75) is 0 Å². The topological polar surface area (TPSA) is 29.3 Å². The number of fused-ring (bicyclic) bond motifs is 6. The molecule has 0 fully saturated rings. The first-order chi connectivity index (χ1) is 25.8. The lowest BCUT2D eigenvalue weighted by Crippen LogP contribution is -2.09. The third kappa shape index (κ3) is 5.10. The SMILES string of the molecule is c1ccc(-c2ccc(N(c3ccc(-c4cc5ccccc5c5ccccc45)cc3)c3ccc(-c4cccc5c4oc4cnccc45)cc3)cc2)cc1. The average molecular weight is 665 g/mol. The quantitative estimate of drug-likeness (QED) is 0.166. The van der Waals surface area contributed by atoms with Crippen molar-refractivity contribution in [1.29, 1.82) is 0 Å². The van der Waals surface area contributed by atoms with Crippen molar-refractivity contribution in [3.63, 3.8) is 0 Å². The van der Waals surface area contributed by atoms with Crippen molar-refractivity contribution in [1.82, 2.24) is 4.98 Å². The summed E-state index contributed by atoms with van der Waals surface area (Å²) in [6.45, 7) is 0. The van der Waals surface area contributed by atoms with Gasteiger partial charge in [-0.05, 0) is 97.9 Å². The third-order valence-electron chi connectivity index (χ3n) is 10.2. The molecule has 2 aromatic heterocycles. The predicted molar refractivity (Wildman–Crippen MR) is 218 cm³/mol. The molecular weight excluding hydrogens is 633 g/mol. The van der Waals surface area contributed by atoms with Crippen molar-refractivity contribution in [2.75, 3.05) is 4.90 Å². The molecule has 0 unspecified atom stereocenters. The molecule has 0 radical (unpaired) electrons. The Balaban J connectivity index is 1.07. The van der Waals surface area contributed by atoms with Crippen LogP contribution in [0.4, 0.5) is 17.1 Å². The maximum absolute atomic E-state index is 6.33. The number of anilines is 3. The van der Waals surface area contributed by atoms with Crippen LogP contribution in [0.25, 0.3) is 76.9 Å². The smallest absolute Gasteiger partial charge is 0.153 e. The highest BCUT2D eigenvalue weighted by Gasteiger charge is 2.17. The van der Waals surface area contributed by atoms with Crippen molar-refractivity contribution in [3.8, 4) is 33.4 Å². The van der Waals surface area contributed by atoms with E-state index in [1.807, 2.05) is 12.3 Å². The lowest BCUT2D eigenvalue weighted by Gasteiger charge is -2.26. The average Bonchev–Trinajstić information content (AvgIpc) is 3.61. The van der Waals surface area contributed by atoms with Crippen LogP contribution >= 0.6 is 0 Å². The van der Waals surface area contributed by atoms with Gasteiger partial charge in [0.15, 0.2) is 5.58 Å². The minimum atomic E-state index is 0.798. The minimum Gasteiger partial charge on any atom is -0.454 e. The molecule has 0 amide bonds. The molecule has 3 heteroatoms. The van der Waals surface area contributed by atoms with Crippen LogP contribution in [0.5, 0.6) is 0 Å². The van der Waals surface area contributed by atoms with Crippen molar-refractivity contribution < 1.29 is 4.42 Å². The Morgan fingerprint density at radius 3 is 1.65 bits per heavy atom. The number of nitrogens with zero attached hydrogens (tertiary/aromatic N) is 2. The highest BCUT2D eigenvalue weighted by Crippen LogP contribution is 2.41. The molecule has 0 aliphatic carbocycles. The molecule has 8 aromatic carbocycles. The molecule has 0 spiro atoms. The zero-order chi connectivity index (χ0) is 34.4. The van der Waals surface area contributed by atoms with Crippen LogP contribution in [-0.2, 0) is 0 Å². The predicted octanol–water partition coefficient (Wildman–Crippen LogP) is 13.8. The van der Waals surface area contributed by atoms with Crippen molar-refractivity contribution in [2.24, 2.45) is 0 Å². The summed E-state index contributed by atoms with van der Waals surface area (Å²) in [7, 11) is 0. The maximum Gasteiger partial charge on any atom is 0.153 e. The van der Waals surface area contributed by atoms with Crippen LogP contribution in [0.1, 0.15) is 0 Å². The fourth-order valence-electron chi connectivity index (χ4n) is 7.63. The van der Waals surface area contributed by atoms with E-state index in [-0.39, 0.29) is 0 Å². The molecule has 0 saturated carbocycles. The second-order valence-electron chi connectivity index (χ2n) is 13.2. The normalized spacial score (nSPS) is 11.5. The molecule has 0 aliphatic rings. The van der Waals surface area contributed by atoms with Gasteiger partial charge in [-0.2, -0.15) is 0 Å². The van der Waals surface area contributed by atoms with E-state index in [0.717, 1.165) is 50.1 Å². The number of hydrogen-bond acceptors (Lipinski definition) is 3. The summed E-state index contributed by atoms with van der Waals surface area (Å²) < 4.78 is 6.33. The maximum atomic E-state index is 6.33. The minimum absolute atomic E-state index is 0.798. The van der Waals surface area contributed by atoms with Crippen LogP contribution in [0.15, 0.2) is 199 Å². The molecule has 0 bridgehead atoms. The van der Waals surface area contributed by atoms with Gasteiger partial charge in [-0.25, -0.2) is 0 Å². The summed E-state index contributed by atoms with van der Waals surface area (Å²) in [4.78, 5) is 6.60. The van der Waals surface area contributed by atoms with E-state index in [0.29, 0.717) is 0 Å². The molecule has 0 saturated heterocycles. The first-order valence-electron chi connectivity index (χ1n) is 17.6. The van der Waals surface area contributed by atoms with E-state index in [4.69, 9.17) is 4.42 Å². The van der Waals surface area contributed by atoms with E-state index in [2.05, 4.69) is 186 Å². The van der Waals surface area contributed by atoms with Gasteiger partial charge in [-0.15, -0.1) is 0 Å². The molecule has 0 aliphatic heterocycles. The number of benzene rings is 8. The van der Waals surface area contributed by atoms with E-state index in [9.17, 15) is 0 Å². The molecule has 52 heavy (non-hydrogen) atoms. The van der Waals surface area contributed by atoms with Gasteiger partial charge in [-0.3, -0.25) is 4.98 Å². The van der Waals surface area contributed by atoms with Crippen molar-refractivity contribution in [3.05, 3.63) is 194 Å². The van der Waals surface area contributed by atoms with Crippen LogP contribution in [-0.4, -0.2) is 4.98 Å². The van der Waals surface area contributed by atoms with E-state index in [1.165, 1.54) is 43.8 Å². The summed E-state index contributed by atoms with van der Waals surface area (Å²) in [5.74, 6) is 0. The highest BCUT2D eigenvalue weighted by molar-refractivity contribution is 6.14. The van der Waals surface area contributed by atoms with Crippen molar-refractivity contribution >= 4 is 60.5 Å². The van der Waals surface area contributed by atoms with Crippen LogP contribution in [0.2, 0.25) is 0 Å². The second kappa shape index (κ2) is 12.4. The third-order valence-corrected chi connectivity index (χ3v) is 10.2. The Morgan fingerprint density at radius 1 is 0.385 bits per heavy atom. The first-order valence-corrected chi connectivity index (χ1v) is 17.6. The summed E-state index contributed by atoms with van der Waals surface area (Å²) in [6.07, 6.45) is 3.60. The fourth-order valence-corrected chi connectivity index (χ4v) is 7.63. The summed E-state index contributed by atoms with van der Waals surface area (Å²) in [6, 6.07) is 65.2. The van der Waals surface area contributed by atoms with Gasteiger partial charge >= 0.3 is 0 Å². The number of pyridine rings is 1.